The molecule has 0 bridgehead atoms. The van der Waals surface area contributed by atoms with Gasteiger partial charge in [-0.3, -0.25) is 14.4 Å². The number of carbonyl (C=O) groups is 3. The average molecular weight is 342 g/mol. The van der Waals surface area contributed by atoms with Gasteiger partial charge in [-0.2, -0.15) is 0 Å². The summed E-state index contributed by atoms with van der Waals surface area (Å²) in [6, 6.07) is 0. The largest absolute Gasteiger partial charge is 0.309 e. The predicted octanol–water partition coefficient (Wildman–Crippen LogP) is 3.94. The highest BCUT2D eigenvalue weighted by atomic mass is 32.2. The summed E-state index contributed by atoms with van der Waals surface area (Å²) in [4.78, 5) is 39.8. The minimum atomic E-state index is -0.402. The molecule has 0 unspecified atom stereocenters. The van der Waals surface area contributed by atoms with Crippen molar-refractivity contribution in [2.24, 2.45) is 0 Å². The first-order chi connectivity index (χ1) is 10.5. The van der Waals surface area contributed by atoms with Crippen molar-refractivity contribution in [2.45, 2.75) is 56.7 Å². The maximum atomic E-state index is 11.9. The second-order valence-corrected chi connectivity index (χ2v) is 7.04. The van der Waals surface area contributed by atoms with Gasteiger partial charge >= 0.3 is 0 Å². The zero-order chi connectivity index (χ0) is 16.5. The monoisotopic (exact) mass is 342 g/mol. The van der Waals surface area contributed by atoms with Crippen molar-refractivity contribution < 1.29 is 14.4 Å². The highest BCUT2D eigenvalue weighted by Crippen LogP contribution is 2.29. The van der Waals surface area contributed by atoms with Gasteiger partial charge in [-0.1, -0.05) is 37.9 Å². The van der Waals surface area contributed by atoms with Crippen molar-refractivity contribution in [3.8, 4) is 0 Å². The number of Topliss-reactive ketones (excluding diaryl/α,β-unsaturated/α-hetero) is 2. The quantitative estimate of drug-likeness (QED) is 0.302. The van der Waals surface area contributed by atoms with Crippen LogP contribution in [0, 0.1) is 0 Å². The number of thioether (sulfide) groups is 1. The first-order valence-electron chi connectivity index (χ1n) is 7.35. The lowest BCUT2D eigenvalue weighted by atomic mass is 10.1. The molecule has 0 aliphatic heterocycles. The van der Waals surface area contributed by atoms with Gasteiger partial charge < -0.3 is 5.32 Å². The van der Waals surface area contributed by atoms with E-state index in [0.29, 0.717) is 15.6 Å². The van der Waals surface area contributed by atoms with Gasteiger partial charge in [-0.05, 0) is 12.7 Å². The van der Waals surface area contributed by atoms with Crippen LogP contribution in [0.1, 0.15) is 62.0 Å². The number of anilines is 1. The molecule has 122 valence electrons. The van der Waals surface area contributed by atoms with E-state index < -0.39 is 5.91 Å². The van der Waals surface area contributed by atoms with E-state index in [2.05, 4.69) is 17.2 Å². The molecule has 1 amide bonds. The van der Waals surface area contributed by atoms with Crippen LogP contribution in [0.4, 0.5) is 5.82 Å². The third kappa shape index (κ3) is 6.27. The van der Waals surface area contributed by atoms with E-state index in [4.69, 9.17) is 0 Å². The SMILES string of the molecule is CCCCCCC(=O)CC(=O)Nc1nc(SC)sc1C(C)=O. The van der Waals surface area contributed by atoms with Crippen molar-refractivity contribution in [3.05, 3.63) is 4.88 Å². The van der Waals surface area contributed by atoms with E-state index >= 15 is 0 Å². The number of thiazole rings is 1. The molecule has 0 fully saturated rings. The van der Waals surface area contributed by atoms with Gasteiger partial charge in [0, 0.05) is 13.3 Å². The lowest BCUT2D eigenvalue weighted by molar-refractivity contribution is -0.125. The Morgan fingerprint density at radius 3 is 2.55 bits per heavy atom. The lowest BCUT2D eigenvalue weighted by Crippen LogP contribution is -2.17. The number of amides is 1. The van der Waals surface area contributed by atoms with Crippen LogP contribution >= 0.6 is 23.1 Å². The fourth-order valence-corrected chi connectivity index (χ4v) is 3.32. The Kier molecular flexibility index (Phi) is 8.34. The lowest BCUT2D eigenvalue weighted by Gasteiger charge is -2.03. The number of hydrogen-bond acceptors (Lipinski definition) is 6. The minimum absolute atomic E-state index is 0.0710. The van der Waals surface area contributed by atoms with E-state index in [1.165, 1.54) is 30.0 Å². The number of nitrogens with zero attached hydrogens (tertiary/aromatic N) is 1. The van der Waals surface area contributed by atoms with E-state index in [1.54, 1.807) is 0 Å². The molecule has 0 spiro atoms. The van der Waals surface area contributed by atoms with Gasteiger partial charge in [0.1, 0.15) is 10.7 Å². The van der Waals surface area contributed by atoms with Crippen LogP contribution in [-0.4, -0.2) is 28.7 Å². The number of carbonyl (C=O) groups excluding carboxylic acids is 3. The average Bonchev–Trinajstić information content (AvgIpc) is 2.86. The van der Waals surface area contributed by atoms with E-state index in [9.17, 15) is 14.4 Å². The van der Waals surface area contributed by atoms with Crippen molar-refractivity contribution in [1.82, 2.24) is 4.98 Å². The molecule has 7 heteroatoms. The van der Waals surface area contributed by atoms with Crippen LogP contribution in [0.15, 0.2) is 4.34 Å². The molecular weight excluding hydrogens is 320 g/mol. The second kappa shape index (κ2) is 9.74. The molecular formula is C15H22N2O3S2. The standard InChI is InChI=1S/C15H22N2O3S2/c1-4-5-6-7-8-11(19)9-12(20)16-14-13(10(2)18)22-15(17-14)21-3/h4-9H2,1-3H3,(H,16,20). The fourth-order valence-electron chi connectivity index (χ4n) is 1.90. The molecule has 0 aromatic carbocycles. The fraction of sp³-hybridized carbons (Fsp3) is 0.600. The summed E-state index contributed by atoms with van der Waals surface area (Å²) in [6.45, 7) is 3.55. The normalized spacial score (nSPS) is 10.5. The molecule has 0 atom stereocenters. The summed E-state index contributed by atoms with van der Waals surface area (Å²) < 4.78 is 0.714. The minimum Gasteiger partial charge on any atom is -0.309 e. The Balaban J connectivity index is 2.52. The van der Waals surface area contributed by atoms with Crippen LogP contribution < -0.4 is 5.32 Å². The second-order valence-electron chi connectivity index (χ2n) is 4.99. The van der Waals surface area contributed by atoms with Gasteiger partial charge in [-0.15, -0.1) is 11.3 Å². The van der Waals surface area contributed by atoms with E-state index in [0.717, 1.165) is 25.7 Å². The summed E-state index contributed by atoms with van der Waals surface area (Å²) in [5.74, 6) is -0.344. The smallest absolute Gasteiger partial charge is 0.233 e. The molecule has 1 rings (SSSR count). The number of hydrogen-bond donors (Lipinski definition) is 1. The molecule has 0 radical (unpaired) electrons. The van der Waals surface area contributed by atoms with Crippen molar-refractivity contribution in [1.29, 1.82) is 0 Å². The maximum absolute atomic E-state index is 11.9. The van der Waals surface area contributed by atoms with Crippen LogP contribution in [0.5, 0.6) is 0 Å². The Labute approximate surface area is 139 Å². The van der Waals surface area contributed by atoms with E-state index in [1.807, 2.05) is 6.26 Å². The zero-order valence-electron chi connectivity index (χ0n) is 13.2. The highest BCUT2D eigenvalue weighted by molar-refractivity contribution is 8.00. The number of nitrogens with one attached hydrogen (secondary N) is 1. The maximum Gasteiger partial charge on any atom is 0.233 e. The molecule has 5 nitrogen and oxygen atoms in total. The number of rotatable bonds is 10. The summed E-state index contributed by atoms with van der Waals surface area (Å²) in [7, 11) is 0. The molecule has 0 aliphatic rings. The first kappa shape index (κ1) is 18.8. The Bertz CT molecular complexity index is 541. The summed E-state index contributed by atoms with van der Waals surface area (Å²) in [5.41, 5.74) is 0. The molecule has 22 heavy (non-hydrogen) atoms. The number of unbranched alkanes of at least 4 members (excludes halogenated alkanes) is 3. The highest BCUT2D eigenvalue weighted by Gasteiger charge is 2.18. The molecule has 0 saturated heterocycles. The summed E-state index contributed by atoms with van der Waals surface area (Å²) in [5, 5.41) is 2.58. The van der Waals surface area contributed by atoms with Crippen LogP contribution in [-0.2, 0) is 9.59 Å². The van der Waals surface area contributed by atoms with Crippen molar-refractivity contribution in [3.63, 3.8) is 0 Å². The number of aromatic nitrogens is 1. The van der Waals surface area contributed by atoms with Gasteiger partial charge in [-0.25, -0.2) is 4.98 Å². The third-order valence-electron chi connectivity index (χ3n) is 3.03. The third-order valence-corrected chi connectivity index (χ3v) is 5.17. The van der Waals surface area contributed by atoms with Gasteiger partial charge in [0.2, 0.25) is 5.91 Å². The Hall–Kier alpha value is -1.21. The topological polar surface area (TPSA) is 76.1 Å². The Morgan fingerprint density at radius 2 is 1.95 bits per heavy atom. The molecule has 0 aliphatic carbocycles. The molecule has 1 N–H and O–H groups in total. The number of ketones is 2. The first-order valence-corrected chi connectivity index (χ1v) is 9.39. The van der Waals surface area contributed by atoms with Crippen LogP contribution in [0.25, 0.3) is 0 Å². The van der Waals surface area contributed by atoms with Crippen molar-refractivity contribution in [2.75, 3.05) is 11.6 Å². The van der Waals surface area contributed by atoms with Gasteiger partial charge in [0.05, 0.1) is 6.42 Å². The molecule has 1 heterocycles. The van der Waals surface area contributed by atoms with Gasteiger partial charge in [0.25, 0.3) is 0 Å². The zero-order valence-corrected chi connectivity index (χ0v) is 14.9. The molecule has 0 saturated carbocycles. The Morgan fingerprint density at radius 1 is 1.23 bits per heavy atom. The van der Waals surface area contributed by atoms with Crippen LogP contribution in [0.2, 0.25) is 0 Å². The predicted molar refractivity (Wildman–Crippen MR) is 90.9 cm³/mol. The molecule has 1 aromatic rings. The van der Waals surface area contributed by atoms with Crippen molar-refractivity contribution >= 4 is 46.4 Å². The van der Waals surface area contributed by atoms with E-state index in [-0.39, 0.29) is 23.8 Å². The summed E-state index contributed by atoms with van der Waals surface area (Å²) in [6.07, 6.45) is 6.19. The van der Waals surface area contributed by atoms with Gasteiger partial charge in [0.15, 0.2) is 15.9 Å². The summed E-state index contributed by atoms with van der Waals surface area (Å²) >= 11 is 2.67. The molecule has 1 aromatic heterocycles. The van der Waals surface area contributed by atoms with Crippen LogP contribution in [0.3, 0.4) is 0 Å².